The second-order valence-electron chi connectivity index (χ2n) is 9.66. The minimum absolute atomic E-state index is 0.301. The van der Waals surface area contributed by atoms with Gasteiger partial charge >= 0.3 is 0 Å². The van der Waals surface area contributed by atoms with E-state index in [0.29, 0.717) is 6.04 Å². The van der Waals surface area contributed by atoms with Crippen molar-refractivity contribution in [2.75, 3.05) is 26.2 Å². The van der Waals surface area contributed by atoms with Crippen LogP contribution in [0, 0.1) is 6.92 Å². The van der Waals surface area contributed by atoms with E-state index in [1.807, 2.05) is 0 Å². The lowest BCUT2D eigenvalue weighted by atomic mass is 9.96. The van der Waals surface area contributed by atoms with Gasteiger partial charge in [0.25, 0.3) is 0 Å². The summed E-state index contributed by atoms with van der Waals surface area (Å²) < 4.78 is 0. The van der Waals surface area contributed by atoms with Gasteiger partial charge in [0.1, 0.15) is 5.82 Å². The fourth-order valence-corrected chi connectivity index (χ4v) is 5.16. The Labute approximate surface area is 209 Å². The molecule has 1 N–H and O–H groups in total. The van der Waals surface area contributed by atoms with E-state index in [9.17, 15) is 0 Å². The summed E-state index contributed by atoms with van der Waals surface area (Å²) in [5.41, 5.74) is 7.67. The number of piperazine rings is 1. The molecule has 0 atom stereocenters. The maximum absolute atomic E-state index is 5.00. The molecule has 4 aromatic rings. The number of H-pyrrole nitrogens is 1. The fraction of sp³-hybridized carbons (Fsp3) is 0.323. The topological polar surface area (TPSA) is 35.2 Å². The highest BCUT2D eigenvalue weighted by molar-refractivity contribution is 5.56. The van der Waals surface area contributed by atoms with Crippen molar-refractivity contribution in [2.45, 2.75) is 39.3 Å². The molecule has 180 valence electrons. The third kappa shape index (κ3) is 5.55. The third-order valence-electron chi connectivity index (χ3n) is 7.06. The van der Waals surface area contributed by atoms with E-state index in [4.69, 9.17) is 4.98 Å². The number of hydrogen-bond donors (Lipinski definition) is 1. The molecule has 1 saturated heterocycles. The molecular formula is C31H36N4. The molecule has 4 nitrogen and oxygen atoms in total. The van der Waals surface area contributed by atoms with Gasteiger partial charge in [-0.15, -0.1) is 0 Å². The van der Waals surface area contributed by atoms with E-state index < -0.39 is 0 Å². The summed E-state index contributed by atoms with van der Waals surface area (Å²) in [5, 5.41) is 0. The van der Waals surface area contributed by atoms with Crippen LogP contribution in [-0.2, 0) is 13.0 Å². The first kappa shape index (κ1) is 23.5. The van der Waals surface area contributed by atoms with Crippen LogP contribution in [0.15, 0.2) is 84.9 Å². The average molecular weight is 465 g/mol. The van der Waals surface area contributed by atoms with Gasteiger partial charge in [0.2, 0.25) is 0 Å². The maximum atomic E-state index is 5.00. The Balaban J connectivity index is 1.30. The number of aromatic nitrogens is 2. The Kier molecular flexibility index (Phi) is 7.41. The third-order valence-corrected chi connectivity index (χ3v) is 7.06. The Bertz CT molecular complexity index is 1150. The Morgan fingerprint density at radius 2 is 1.40 bits per heavy atom. The molecule has 3 aromatic carbocycles. The molecule has 0 amide bonds. The van der Waals surface area contributed by atoms with Crippen LogP contribution in [0.3, 0.4) is 0 Å². The van der Waals surface area contributed by atoms with Crippen LogP contribution in [-0.4, -0.2) is 45.9 Å². The second kappa shape index (κ2) is 11.0. The summed E-state index contributed by atoms with van der Waals surface area (Å²) in [6, 6.07) is 30.8. The lowest BCUT2D eigenvalue weighted by Crippen LogP contribution is -2.47. The van der Waals surface area contributed by atoms with Gasteiger partial charge in [0.05, 0.1) is 17.4 Å². The fourth-order valence-electron chi connectivity index (χ4n) is 5.16. The Morgan fingerprint density at radius 1 is 0.800 bits per heavy atom. The van der Waals surface area contributed by atoms with Gasteiger partial charge in [-0.25, -0.2) is 4.98 Å². The zero-order chi connectivity index (χ0) is 24.0. The summed E-state index contributed by atoms with van der Waals surface area (Å²) >= 11 is 0. The molecule has 2 heterocycles. The highest BCUT2D eigenvalue weighted by Crippen LogP contribution is 2.30. The van der Waals surface area contributed by atoms with Crippen molar-refractivity contribution < 1.29 is 0 Å². The molecule has 1 aliphatic heterocycles. The first-order valence-corrected chi connectivity index (χ1v) is 12.9. The summed E-state index contributed by atoms with van der Waals surface area (Å²) in [4.78, 5) is 13.9. The number of rotatable bonds is 8. The van der Waals surface area contributed by atoms with Crippen molar-refractivity contribution in [1.29, 1.82) is 0 Å². The van der Waals surface area contributed by atoms with Gasteiger partial charge in [-0.2, -0.15) is 0 Å². The molecule has 1 aromatic heterocycles. The summed E-state index contributed by atoms with van der Waals surface area (Å²) in [7, 11) is 0. The molecule has 0 bridgehead atoms. The Hall–Kier alpha value is -3.21. The highest BCUT2D eigenvalue weighted by Gasteiger charge is 2.27. The molecule has 1 fully saturated rings. The molecule has 0 aliphatic carbocycles. The van der Waals surface area contributed by atoms with Crippen LogP contribution in [0.25, 0.3) is 11.4 Å². The second-order valence-corrected chi connectivity index (χ2v) is 9.66. The molecule has 0 spiro atoms. The number of nitrogens with zero attached hydrogens (tertiary/aromatic N) is 3. The van der Waals surface area contributed by atoms with Crippen LogP contribution in [0.5, 0.6) is 0 Å². The molecule has 0 saturated carbocycles. The quantitative estimate of drug-likeness (QED) is 0.335. The summed E-state index contributed by atoms with van der Waals surface area (Å²) in [5.74, 6) is 0.996. The zero-order valence-corrected chi connectivity index (χ0v) is 21.0. The average Bonchev–Trinajstić information content (AvgIpc) is 3.29. The van der Waals surface area contributed by atoms with Crippen LogP contribution < -0.4 is 0 Å². The van der Waals surface area contributed by atoms with Crippen molar-refractivity contribution in [3.05, 3.63) is 113 Å². The molecule has 35 heavy (non-hydrogen) atoms. The summed E-state index contributed by atoms with van der Waals surface area (Å²) in [6.45, 7) is 9.51. The molecule has 0 unspecified atom stereocenters. The van der Waals surface area contributed by atoms with E-state index in [0.717, 1.165) is 57.0 Å². The lowest BCUT2D eigenvalue weighted by molar-refractivity contribution is 0.104. The van der Waals surface area contributed by atoms with Gasteiger partial charge in [0, 0.05) is 38.3 Å². The van der Waals surface area contributed by atoms with E-state index in [2.05, 4.69) is 114 Å². The minimum Gasteiger partial charge on any atom is -0.341 e. The first-order chi connectivity index (χ1) is 17.2. The predicted octanol–water partition coefficient (Wildman–Crippen LogP) is 6.24. The highest BCUT2D eigenvalue weighted by atomic mass is 15.3. The molecule has 1 aliphatic rings. The largest absolute Gasteiger partial charge is 0.341 e. The number of nitrogens with one attached hydrogen (secondary N) is 1. The molecular weight excluding hydrogens is 428 g/mol. The first-order valence-electron chi connectivity index (χ1n) is 12.9. The number of aromatic amines is 1. The van der Waals surface area contributed by atoms with Crippen molar-refractivity contribution >= 4 is 0 Å². The van der Waals surface area contributed by atoms with E-state index in [-0.39, 0.29) is 0 Å². The van der Waals surface area contributed by atoms with Crippen molar-refractivity contribution in [3.8, 4) is 11.4 Å². The Morgan fingerprint density at radius 3 is 1.97 bits per heavy atom. The van der Waals surface area contributed by atoms with E-state index in [1.54, 1.807) is 0 Å². The van der Waals surface area contributed by atoms with Crippen LogP contribution in [0.4, 0.5) is 0 Å². The van der Waals surface area contributed by atoms with Gasteiger partial charge in [-0.3, -0.25) is 9.80 Å². The monoisotopic (exact) mass is 464 g/mol. The molecule has 5 rings (SSSR count). The smallest absolute Gasteiger partial charge is 0.137 e. The minimum atomic E-state index is 0.301. The van der Waals surface area contributed by atoms with E-state index in [1.165, 1.54) is 28.1 Å². The van der Waals surface area contributed by atoms with Gasteiger partial charge in [-0.1, -0.05) is 104 Å². The van der Waals surface area contributed by atoms with Gasteiger partial charge in [0.15, 0.2) is 0 Å². The van der Waals surface area contributed by atoms with Crippen molar-refractivity contribution in [2.24, 2.45) is 0 Å². The van der Waals surface area contributed by atoms with Crippen LogP contribution in [0.1, 0.15) is 47.5 Å². The number of benzene rings is 3. The maximum Gasteiger partial charge on any atom is 0.137 e. The zero-order valence-electron chi connectivity index (χ0n) is 21.0. The molecule has 4 heteroatoms. The lowest BCUT2D eigenvalue weighted by Gasteiger charge is -2.39. The van der Waals surface area contributed by atoms with Crippen LogP contribution >= 0.6 is 0 Å². The summed E-state index contributed by atoms with van der Waals surface area (Å²) in [6.07, 6.45) is 2.12. The predicted molar refractivity (Wildman–Crippen MR) is 144 cm³/mol. The van der Waals surface area contributed by atoms with Crippen LogP contribution in [0.2, 0.25) is 0 Å². The SMILES string of the molecule is CCCc1nc(-c2ccc(C)cc2)[nH]c1CN1CCN(C(c2ccccc2)c2ccccc2)CC1. The number of hydrogen-bond acceptors (Lipinski definition) is 3. The molecule has 0 radical (unpaired) electrons. The van der Waals surface area contributed by atoms with E-state index >= 15 is 0 Å². The number of imidazole rings is 1. The standard InChI is InChI=1S/C31H36N4/c1-3-10-28-29(33-31(32-28)27-17-15-24(2)16-18-27)23-34-19-21-35(22-20-34)30(25-11-6-4-7-12-25)26-13-8-5-9-14-26/h4-9,11-18,30H,3,10,19-23H2,1-2H3,(H,32,33). The van der Waals surface area contributed by atoms with Crippen molar-refractivity contribution in [1.82, 2.24) is 19.8 Å². The van der Waals surface area contributed by atoms with Crippen molar-refractivity contribution in [3.63, 3.8) is 0 Å². The van der Waals surface area contributed by atoms with Gasteiger partial charge in [-0.05, 0) is 24.5 Å². The number of aryl methyl sites for hydroxylation is 2. The van der Waals surface area contributed by atoms with Gasteiger partial charge < -0.3 is 4.98 Å². The normalized spacial score (nSPS) is 15.1.